The Hall–Kier alpha value is -3.45. The molecule has 0 bridgehead atoms. The third-order valence-corrected chi connectivity index (χ3v) is 3.31. The molecule has 0 aliphatic rings. The van der Waals surface area contributed by atoms with Crippen LogP contribution >= 0.6 is 0 Å². The van der Waals surface area contributed by atoms with Gasteiger partial charge in [0.05, 0.1) is 25.9 Å². The van der Waals surface area contributed by atoms with Gasteiger partial charge < -0.3 is 19.3 Å². The van der Waals surface area contributed by atoms with Crippen LogP contribution in [-0.4, -0.2) is 49.9 Å². The zero-order valence-corrected chi connectivity index (χ0v) is 19.2. The number of aliphatic hydroxyl groups is 1. The Labute approximate surface area is 190 Å². The molecule has 1 aromatic rings. The average molecular weight is 447 g/mol. The lowest BCUT2D eigenvalue weighted by atomic mass is 10.2. The Morgan fingerprint density at radius 2 is 1.66 bits per heavy atom. The van der Waals surface area contributed by atoms with Crippen molar-refractivity contribution < 1.29 is 33.7 Å². The van der Waals surface area contributed by atoms with Crippen LogP contribution in [0.15, 0.2) is 73.4 Å². The normalized spacial score (nSPS) is 9.25. The van der Waals surface area contributed by atoms with Crippen LogP contribution in [0, 0.1) is 0 Å². The number of methoxy groups -OCH3 is 1. The van der Waals surface area contributed by atoms with Gasteiger partial charge in [-0.2, -0.15) is 0 Å². The van der Waals surface area contributed by atoms with E-state index in [0.29, 0.717) is 12.2 Å². The highest BCUT2D eigenvalue weighted by atomic mass is 16.5. The Kier molecular flexibility index (Phi) is 20.0. The van der Waals surface area contributed by atoms with E-state index in [1.165, 1.54) is 13.2 Å². The van der Waals surface area contributed by atoms with Gasteiger partial charge in [-0.05, 0) is 25.0 Å². The van der Waals surface area contributed by atoms with Crippen LogP contribution in [0.1, 0.15) is 32.3 Å². The first-order valence-corrected chi connectivity index (χ1v) is 9.96. The Morgan fingerprint density at radius 3 is 2.09 bits per heavy atom. The van der Waals surface area contributed by atoms with Gasteiger partial charge in [0.25, 0.3) is 0 Å². The van der Waals surface area contributed by atoms with Crippen molar-refractivity contribution in [1.29, 1.82) is 0 Å². The minimum atomic E-state index is -0.513. The molecule has 0 amide bonds. The second-order valence-electron chi connectivity index (χ2n) is 6.13. The van der Waals surface area contributed by atoms with E-state index in [0.717, 1.165) is 18.4 Å². The summed E-state index contributed by atoms with van der Waals surface area (Å²) in [7, 11) is 1.33. The number of rotatable bonds is 10. The molecule has 1 N–H and O–H groups in total. The molecule has 0 saturated carbocycles. The third kappa shape index (κ3) is 18.6. The number of ether oxygens (including phenoxy) is 3. The van der Waals surface area contributed by atoms with Crippen LogP contribution in [0.4, 0.5) is 0 Å². The first-order chi connectivity index (χ1) is 15.2. The number of carbonyl (C=O) groups is 3. The van der Waals surface area contributed by atoms with Crippen molar-refractivity contribution in [3.8, 4) is 0 Å². The monoisotopic (exact) mass is 446 g/mol. The molecule has 7 nitrogen and oxygen atoms in total. The molecule has 0 atom stereocenters. The smallest absolute Gasteiger partial charge is 0.337 e. The molecule has 0 saturated heterocycles. The van der Waals surface area contributed by atoms with Crippen molar-refractivity contribution in [2.45, 2.75) is 26.7 Å². The van der Waals surface area contributed by atoms with Crippen LogP contribution < -0.4 is 0 Å². The summed E-state index contributed by atoms with van der Waals surface area (Å²) in [4.78, 5) is 31.8. The molecule has 176 valence electrons. The van der Waals surface area contributed by atoms with Gasteiger partial charge in [-0.1, -0.05) is 69.5 Å². The molecule has 0 aliphatic carbocycles. The number of hydrogen-bond donors (Lipinski definition) is 1. The number of hydrogen-bond acceptors (Lipinski definition) is 7. The zero-order valence-electron chi connectivity index (χ0n) is 19.2. The van der Waals surface area contributed by atoms with Gasteiger partial charge in [0, 0.05) is 11.6 Å². The largest absolute Gasteiger partial charge is 0.466 e. The van der Waals surface area contributed by atoms with Crippen molar-refractivity contribution >= 4 is 24.0 Å². The summed E-state index contributed by atoms with van der Waals surface area (Å²) < 4.78 is 13.6. The van der Waals surface area contributed by atoms with Gasteiger partial charge in [0.1, 0.15) is 6.61 Å². The summed E-state index contributed by atoms with van der Waals surface area (Å²) >= 11 is 0. The molecule has 0 fully saturated rings. The molecular formula is C25H34O7. The van der Waals surface area contributed by atoms with Crippen molar-refractivity contribution in [3.63, 3.8) is 0 Å². The van der Waals surface area contributed by atoms with Gasteiger partial charge in [-0.15, -0.1) is 0 Å². The van der Waals surface area contributed by atoms with Gasteiger partial charge in [-0.25, -0.2) is 14.4 Å². The topological polar surface area (TPSA) is 99.1 Å². The maximum Gasteiger partial charge on any atom is 0.337 e. The summed E-state index contributed by atoms with van der Waals surface area (Å²) in [5.74, 6) is -1.19. The maximum absolute atomic E-state index is 11.2. The third-order valence-electron chi connectivity index (χ3n) is 3.31. The van der Waals surface area contributed by atoms with Crippen LogP contribution in [0.2, 0.25) is 0 Å². The molecule has 0 spiro atoms. The van der Waals surface area contributed by atoms with Crippen molar-refractivity contribution in [3.05, 3.63) is 78.9 Å². The molecule has 7 heteroatoms. The number of benzene rings is 1. The summed E-state index contributed by atoms with van der Waals surface area (Å²) in [5, 5.41) is 8.48. The fraction of sp³-hybridized carbons (Fsp3) is 0.320. The van der Waals surface area contributed by atoms with Crippen molar-refractivity contribution in [2.24, 2.45) is 0 Å². The molecule has 0 aromatic heterocycles. The lowest BCUT2D eigenvalue weighted by Gasteiger charge is -2.01. The van der Waals surface area contributed by atoms with E-state index in [1.807, 2.05) is 37.3 Å². The lowest BCUT2D eigenvalue weighted by molar-refractivity contribution is -0.139. The van der Waals surface area contributed by atoms with Gasteiger partial charge >= 0.3 is 17.9 Å². The van der Waals surface area contributed by atoms with E-state index in [2.05, 4.69) is 29.2 Å². The summed E-state index contributed by atoms with van der Waals surface area (Å²) in [6.45, 7) is 14.2. The molecule has 0 heterocycles. The highest BCUT2D eigenvalue weighted by Gasteiger charge is 2.03. The highest BCUT2D eigenvalue weighted by Crippen LogP contribution is 2.05. The van der Waals surface area contributed by atoms with Crippen LogP contribution in [0.25, 0.3) is 6.08 Å². The first kappa shape index (κ1) is 30.7. The number of esters is 3. The SMILES string of the molecule is C=C(C)C(=O)OC.C=C(C=Cc1ccccc1)C(=O)OCCO.C=CC(=O)OCCCC. The van der Waals surface area contributed by atoms with Gasteiger partial charge in [0.15, 0.2) is 0 Å². The number of unbranched alkanes of at least 4 members (excludes halogenated alkanes) is 1. The van der Waals surface area contributed by atoms with E-state index in [1.54, 1.807) is 19.1 Å². The Bertz CT molecular complexity index is 749. The first-order valence-electron chi connectivity index (χ1n) is 9.96. The molecule has 0 unspecified atom stereocenters. The van der Waals surface area contributed by atoms with Crippen LogP contribution in [-0.2, 0) is 28.6 Å². The zero-order chi connectivity index (χ0) is 24.8. The van der Waals surface area contributed by atoms with E-state index in [9.17, 15) is 14.4 Å². The molecule has 0 aliphatic heterocycles. The van der Waals surface area contributed by atoms with E-state index in [4.69, 9.17) is 9.84 Å². The summed E-state index contributed by atoms with van der Waals surface area (Å²) in [6, 6.07) is 9.58. The lowest BCUT2D eigenvalue weighted by Crippen LogP contribution is -2.08. The van der Waals surface area contributed by atoms with Crippen LogP contribution in [0.3, 0.4) is 0 Å². The Balaban J connectivity index is 0. The minimum Gasteiger partial charge on any atom is -0.466 e. The average Bonchev–Trinajstić information content (AvgIpc) is 2.81. The minimum absolute atomic E-state index is 0.00295. The molecular weight excluding hydrogens is 412 g/mol. The highest BCUT2D eigenvalue weighted by molar-refractivity contribution is 5.92. The second-order valence-corrected chi connectivity index (χ2v) is 6.13. The Morgan fingerprint density at radius 1 is 1.03 bits per heavy atom. The number of carbonyl (C=O) groups excluding carboxylic acids is 3. The quantitative estimate of drug-likeness (QED) is 0.190. The predicted molar refractivity (Wildman–Crippen MR) is 126 cm³/mol. The van der Waals surface area contributed by atoms with Gasteiger partial charge in [0.2, 0.25) is 0 Å². The molecule has 32 heavy (non-hydrogen) atoms. The standard InChI is InChI=1S/C13H14O3.C7H12O2.C5H8O2/c1-11(13(15)16-10-9-14)7-8-12-5-3-2-4-6-12;1-3-5-6-9-7(8)4-2;1-4(2)5(6)7-3/h2-8,14H,1,9-10H2;4H,2-3,5-6H2,1H3;1H2,2-3H3. The number of aliphatic hydroxyl groups excluding tert-OH is 1. The van der Waals surface area contributed by atoms with Crippen LogP contribution in [0.5, 0.6) is 0 Å². The fourth-order valence-electron chi connectivity index (χ4n) is 1.61. The molecule has 0 radical (unpaired) electrons. The maximum atomic E-state index is 11.2. The summed E-state index contributed by atoms with van der Waals surface area (Å²) in [5.41, 5.74) is 1.68. The summed E-state index contributed by atoms with van der Waals surface area (Å²) in [6.07, 6.45) is 6.53. The van der Waals surface area contributed by atoms with E-state index < -0.39 is 5.97 Å². The molecule has 1 aromatic carbocycles. The van der Waals surface area contributed by atoms with Crippen molar-refractivity contribution in [1.82, 2.24) is 0 Å². The predicted octanol–water partition coefficient (Wildman–Crippen LogP) is 4.04. The second kappa shape index (κ2) is 20.8. The fourth-order valence-corrected chi connectivity index (χ4v) is 1.61. The molecule has 1 rings (SSSR count). The van der Waals surface area contributed by atoms with E-state index >= 15 is 0 Å². The van der Waals surface area contributed by atoms with Gasteiger partial charge in [-0.3, -0.25) is 0 Å². The van der Waals surface area contributed by atoms with Crippen molar-refractivity contribution in [2.75, 3.05) is 26.9 Å². The van der Waals surface area contributed by atoms with E-state index in [-0.39, 0.29) is 30.7 Å².